The lowest BCUT2D eigenvalue weighted by Crippen LogP contribution is -2.13. The molecular weight excluding hydrogens is 338 g/mol. The Morgan fingerprint density at radius 3 is 2.28 bits per heavy atom. The average Bonchev–Trinajstić information content (AvgIpc) is 3.02. The second kappa shape index (κ2) is 6.36. The molecule has 0 aliphatic heterocycles. The number of benzene rings is 1. The zero-order valence-corrected chi connectivity index (χ0v) is 15.5. The van der Waals surface area contributed by atoms with Crippen LogP contribution in [0.4, 0.5) is 5.69 Å². The lowest BCUT2D eigenvalue weighted by molar-refractivity contribution is 0.600. The van der Waals surface area contributed by atoms with Crippen molar-refractivity contribution in [2.75, 3.05) is 4.72 Å². The van der Waals surface area contributed by atoms with E-state index in [1.165, 1.54) is 10.9 Å². The van der Waals surface area contributed by atoms with E-state index in [1.54, 1.807) is 26.1 Å². The van der Waals surface area contributed by atoms with Crippen molar-refractivity contribution in [1.82, 2.24) is 19.6 Å². The van der Waals surface area contributed by atoms with Crippen LogP contribution in [0.25, 0.3) is 0 Å². The van der Waals surface area contributed by atoms with E-state index in [-0.39, 0.29) is 4.90 Å². The normalized spacial score (nSPS) is 11.7. The molecule has 3 aromatic rings. The van der Waals surface area contributed by atoms with E-state index >= 15 is 0 Å². The molecule has 3 rings (SSSR count). The Labute approximate surface area is 147 Å². The van der Waals surface area contributed by atoms with Crippen LogP contribution < -0.4 is 4.72 Å². The number of aromatic nitrogens is 4. The van der Waals surface area contributed by atoms with Crippen LogP contribution in [0.5, 0.6) is 0 Å². The van der Waals surface area contributed by atoms with Crippen LogP contribution in [0, 0.1) is 20.8 Å². The second-order valence-corrected chi connectivity index (χ2v) is 7.79. The molecule has 25 heavy (non-hydrogen) atoms. The minimum atomic E-state index is -3.65. The average molecular weight is 359 g/mol. The number of sulfonamides is 1. The van der Waals surface area contributed by atoms with E-state index < -0.39 is 10.0 Å². The van der Waals surface area contributed by atoms with Crippen molar-refractivity contribution in [3.63, 3.8) is 0 Å². The van der Waals surface area contributed by atoms with E-state index in [0.29, 0.717) is 17.9 Å². The topological polar surface area (TPSA) is 81.8 Å². The van der Waals surface area contributed by atoms with Gasteiger partial charge in [-0.3, -0.25) is 14.1 Å². The predicted molar refractivity (Wildman–Crippen MR) is 96.0 cm³/mol. The zero-order chi connectivity index (χ0) is 18.2. The standard InChI is InChI=1S/C17H21N5O2S/c1-12-9-13(2)22(18-12)10-15-5-7-16(8-6-15)20-25(23,24)17-11-21(4)19-14(17)3/h5-9,11,20H,10H2,1-4H3. The summed E-state index contributed by atoms with van der Waals surface area (Å²) in [5.41, 5.74) is 4.10. The molecule has 2 heterocycles. The molecule has 0 radical (unpaired) electrons. The maximum absolute atomic E-state index is 12.5. The highest BCUT2D eigenvalue weighted by atomic mass is 32.2. The Morgan fingerprint density at radius 1 is 1.08 bits per heavy atom. The Morgan fingerprint density at radius 2 is 1.76 bits per heavy atom. The molecule has 132 valence electrons. The van der Waals surface area contributed by atoms with Gasteiger partial charge in [-0.2, -0.15) is 10.2 Å². The number of aryl methyl sites for hydroxylation is 4. The first kappa shape index (κ1) is 17.2. The van der Waals surface area contributed by atoms with E-state index in [9.17, 15) is 8.42 Å². The molecule has 0 bridgehead atoms. The summed E-state index contributed by atoms with van der Waals surface area (Å²) in [6.07, 6.45) is 1.49. The fourth-order valence-electron chi connectivity index (χ4n) is 2.74. The van der Waals surface area contributed by atoms with Gasteiger partial charge in [0.05, 0.1) is 17.9 Å². The monoisotopic (exact) mass is 359 g/mol. The molecule has 0 amide bonds. The van der Waals surface area contributed by atoms with Gasteiger partial charge < -0.3 is 0 Å². The van der Waals surface area contributed by atoms with Gasteiger partial charge >= 0.3 is 0 Å². The van der Waals surface area contributed by atoms with Crippen molar-refractivity contribution in [3.05, 3.63) is 59.2 Å². The van der Waals surface area contributed by atoms with Gasteiger partial charge in [0.2, 0.25) is 0 Å². The summed E-state index contributed by atoms with van der Waals surface area (Å²) in [7, 11) is -1.95. The molecule has 1 aromatic carbocycles. The highest BCUT2D eigenvalue weighted by Crippen LogP contribution is 2.19. The fraction of sp³-hybridized carbons (Fsp3) is 0.294. The van der Waals surface area contributed by atoms with Crippen LogP contribution >= 0.6 is 0 Å². The highest BCUT2D eigenvalue weighted by Gasteiger charge is 2.19. The maximum atomic E-state index is 12.5. The summed E-state index contributed by atoms with van der Waals surface area (Å²) in [6.45, 7) is 6.29. The molecule has 1 N–H and O–H groups in total. The van der Waals surface area contributed by atoms with Gasteiger partial charge in [-0.25, -0.2) is 8.42 Å². The first-order valence-corrected chi connectivity index (χ1v) is 9.36. The van der Waals surface area contributed by atoms with Crippen molar-refractivity contribution >= 4 is 15.7 Å². The SMILES string of the molecule is Cc1cc(C)n(Cc2ccc(NS(=O)(=O)c3cn(C)nc3C)cc2)n1. The molecule has 0 spiro atoms. The minimum absolute atomic E-state index is 0.182. The van der Waals surface area contributed by atoms with E-state index in [1.807, 2.05) is 36.7 Å². The smallest absolute Gasteiger partial charge is 0.265 e. The quantitative estimate of drug-likeness (QED) is 0.758. The first-order valence-electron chi connectivity index (χ1n) is 7.87. The molecule has 7 nitrogen and oxygen atoms in total. The number of nitrogens with zero attached hydrogens (tertiary/aromatic N) is 4. The van der Waals surface area contributed by atoms with Crippen LogP contribution in [0.15, 0.2) is 41.4 Å². The van der Waals surface area contributed by atoms with Crippen LogP contribution in [-0.4, -0.2) is 28.0 Å². The lowest BCUT2D eigenvalue weighted by Gasteiger charge is -2.09. The molecular formula is C17H21N5O2S. The summed E-state index contributed by atoms with van der Waals surface area (Å²) >= 11 is 0. The largest absolute Gasteiger partial charge is 0.280 e. The molecule has 0 saturated heterocycles. The maximum Gasteiger partial charge on any atom is 0.265 e. The minimum Gasteiger partial charge on any atom is -0.280 e. The van der Waals surface area contributed by atoms with Crippen molar-refractivity contribution in [2.24, 2.45) is 7.05 Å². The Balaban J connectivity index is 1.76. The Hall–Kier alpha value is -2.61. The van der Waals surface area contributed by atoms with E-state index in [2.05, 4.69) is 14.9 Å². The molecule has 0 saturated carbocycles. The van der Waals surface area contributed by atoms with Crippen LogP contribution in [0.3, 0.4) is 0 Å². The number of rotatable bonds is 5. The van der Waals surface area contributed by atoms with Gasteiger partial charge in [0.15, 0.2) is 0 Å². The lowest BCUT2D eigenvalue weighted by atomic mass is 10.2. The van der Waals surface area contributed by atoms with Gasteiger partial charge in [-0.15, -0.1) is 0 Å². The van der Waals surface area contributed by atoms with E-state index in [0.717, 1.165) is 17.0 Å². The number of hydrogen-bond acceptors (Lipinski definition) is 4. The van der Waals surface area contributed by atoms with Crippen molar-refractivity contribution < 1.29 is 8.42 Å². The molecule has 0 fully saturated rings. The molecule has 0 unspecified atom stereocenters. The third kappa shape index (κ3) is 3.74. The second-order valence-electron chi connectivity index (χ2n) is 6.14. The fourth-order valence-corrected chi connectivity index (χ4v) is 4.02. The summed E-state index contributed by atoms with van der Waals surface area (Å²) in [5, 5.41) is 8.51. The van der Waals surface area contributed by atoms with Gasteiger partial charge in [-0.1, -0.05) is 12.1 Å². The number of nitrogens with one attached hydrogen (secondary N) is 1. The van der Waals surface area contributed by atoms with Crippen molar-refractivity contribution in [2.45, 2.75) is 32.2 Å². The molecule has 0 aliphatic carbocycles. The summed E-state index contributed by atoms with van der Waals surface area (Å²) in [6, 6.07) is 9.32. The van der Waals surface area contributed by atoms with Crippen molar-refractivity contribution in [3.8, 4) is 0 Å². The van der Waals surface area contributed by atoms with Crippen molar-refractivity contribution in [1.29, 1.82) is 0 Å². The van der Waals surface area contributed by atoms with Gasteiger partial charge in [0, 0.05) is 24.6 Å². The molecule has 0 atom stereocenters. The molecule has 0 aliphatic rings. The third-order valence-electron chi connectivity index (χ3n) is 3.90. The van der Waals surface area contributed by atoms with Crippen LogP contribution in [-0.2, 0) is 23.6 Å². The van der Waals surface area contributed by atoms with Crippen LogP contribution in [0.1, 0.15) is 22.6 Å². The third-order valence-corrected chi connectivity index (χ3v) is 5.38. The van der Waals surface area contributed by atoms with Gasteiger partial charge in [0.1, 0.15) is 4.90 Å². The number of hydrogen-bond donors (Lipinski definition) is 1. The Bertz CT molecular complexity index is 1000. The molecule has 2 aromatic heterocycles. The Kier molecular flexibility index (Phi) is 4.38. The summed E-state index contributed by atoms with van der Waals surface area (Å²) in [5.74, 6) is 0. The zero-order valence-electron chi connectivity index (χ0n) is 14.7. The van der Waals surface area contributed by atoms with Crippen LogP contribution in [0.2, 0.25) is 0 Å². The van der Waals surface area contributed by atoms with Gasteiger partial charge in [0.25, 0.3) is 10.0 Å². The first-order chi connectivity index (χ1) is 11.7. The summed E-state index contributed by atoms with van der Waals surface area (Å²) in [4.78, 5) is 0.182. The molecule has 8 heteroatoms. The summed E-state index contributed by atoms with van der Waals surface area (Å²) < 4.78 is 31.0. The number of anilines is 1. The van der Waals surface area contributed by atoms with E-state index in [4.69, 9.17) is 0 Å². The highest BCUT2D eigenvalue weighted by molar-refractivity contribution is 7.92. The van der Waals surface area contributed by atoms with Gasteiger partial charge in [-0.05, 0) is 44.5 Å². The predicted octanol–water partition coefficient (Wildman–Crippen LogP) is 2.39.